The van der Waals surface area contributed by atoms with Crippen molar-refractivity contribution in [3.05, 3.63) is 59.2 Å². The molecule has 0 radical (unpaired) electrons. The Morgan fingerprint density at radius 3 is 2.58 bits per heavy atom. The van der Waals surface area contributed by atoms with Crippen LogP contribution in [-0.4, -0.2) is 33.5 Å². The van der Waals surface area contributed by atoms with E-state index in [9.17, 15) is 4.79 Å². The number of rotatable bonds is 2. The number of fused-ring (bicyclic) bond motifs is 1. The molecule has 122 valence electrons. The van der Waals surface area contributed by atoms with Gasteiger partial charge in [0.2, 0.25) is 0 Å². The SMILES string of the molecule is O=C(c1cnn2c(-c3ccccc3Cl)cccc12)N1CCCCC1. The molecule has 0 N–H and O–H groups in total. The Bertz CT molecular complexity index is 897. The summed E-state index contributed by atoms with van der Waals surface area (Å²) in [6.07, 6.45) is 5.04. The summed E-state index contributed by atoms with van der Waals surface area (Å²) in [5.74, 6) is 0.0704. The summed E-state index contributed by atoms with van der Waals surface area (Å²) in [5.41, 5.74) is 3.27. The minimum absolute atomic E-state index is 0.0704. The van der Waals surface area contributed by atoms with Gasteiger partial charge in [0.05, 0.1) is 23.0 Å². The first kappa shape index (κ1) is 15.2. The van der Waals surface area contributed by atoms with Gasteiger partial charge in [-0.05, 0) is 37.5 Å². The maximum atomic E-state index is 12.8. The number of aromatic nitrogens is 2. The second kappa shape index (κ2) is 6.29. The highest BCUT2D eigenvalue weighted by Gasteiger charge is 2.22. The van der Waals surface area contributed by atoms with Gasteiger partial charge >= 0.3 is 0 Å². The monoisotopic (exact) mass is 339 g/mol. The van der Waals surface area contributed by atoms with Gasteiger partial charge in [0.15, 0.2) is 0 Å². The summed E-state index contributed by atoms with van der Waals surface area (Å²) in [5, 5.41) is 5.13. The fourth-order valence-corrected chi connectivity index (χ4v) is 3.55. The zero-order valence-corrected chi connectivity index (χ0v) is 14.0. The van der Waals surface area contributed by atoms with Crippen molar-refractivity contribution in [1.82, 2.24) is 14.5 Å². The number of carbonyl (C=O) groups is 1. The number of halogens is 1. The fraction of sp³-hybridized carbons (Fsp3) is 0.263. The van der Waals surface area contributed by atoms with Gasteiger partial charge in [0, 0.05) is 23.7 Å². The van der Waals surface area contributed by atoms with E-state index in [1.807, 2.05) is 47.4 Å². The molecule has 3 aromatic rings. The molecule has 1 aliphatic heterocycles. The Morgan fingerprint density at radius 1 is 1.00 bits per heavy atom. The van der Waals surface area contributed by atoms with Crippen LogP contribution in [0.25, 0.3) is 16.8 Å². The van der Waals surface area contributed by atoms with Crippen LogP contribution in [0.1, 0.15) is 29.6 Å². The van der Waals surface area contributed by atoms with E-state index in [1.165, 1.54) is 6.42 Å². The predicted octanol–water partition coefficient (Wildman–Crippen LogP) is 4.28. The van der Waals surface area contributed by atoms with Crippen molar-refractivity contribution in [3.8, 4) is 11.3 Å². The first-order valence-electron chi connectivity index (χ1n) is 8.26. The molecule has 0 spiro atoms. The fourth-order valence-electron chi connectivity index (χ4n) is 3.32. The Kier molecular flexibility index (Phi) is 3.98. The number of piperidine rings is 1. The highest BCUT2D eigenvalue weighted by molar-refractivity contribution is 6.33. The van der Waals surface area contributed by atoms with Gasteiger partial charge in [0.25, 0.3) is 5.91 Å². The van der Waals surface area contributed by atoms with Crippen molar-refractivity contribution in [1.29, 1.82) is 0 Å². The molecule has 0 bridgehead atoms. The molecule has 1 saturated heterocycles. The number of pyridine rings is 1. The molecular weight excluding hydrogens is 322 g/mol. The second-order valence-corrected chi connectivity index (χ2v) is 6.51. The minimum atomic E-state index is 0.0704. The van der Waals surface area contributed by atoms with Crippen molar-refractivity contribution >= 4 is 23.0 Å². The summed E-state index contributed by atoms with van der Waals surface area (Å²) < 4.78 is 1.80. The average molecular weight is 340 g/mol. The van der Waals surface area contributed by atoms with Crippen LogP contribution in [0.5, 0.6) is 0 Å². The zero-order valence-electron chi connectivity index (χ0n) is 13.3. The normalized spacial score (nSPS) is 15.0. The molecule has 1 amide bonds. The molecule has 4 nitrogen and oxygen atoms in total. The molecule has 1 aliphatic rings. The van der Waals surface area contributed by atoms with E-state index >= 15 is 0 Å². The van der Waals surface area contributed by atoms with Crippen molar-refractivity contribution in [2.24, 2.45) is 0 Å². The molecular formula is C19H18ClN3O. The van der Waals surface area contributed by atoms with E-state index in [0.29, 0.717) is 10.6 Å². The van der Waals surface area contributed by atoms with Gasteiger partial charge in [-0.3, -0.25) is 4.79 Å². The summed E-state index contributed by atoms with van der Waals surface area (Å²) in [4.78, 5) is 14.8. The highest BCUT2D eigenvalue weighted by Crippen LogP contribution is 2.29. The zero-order chi connectivity index (χ0) is 16.5. The maximum absolute atomic E-state index is 12.8. The van der Waals surface area contributed by atoms with Crippen LogP contribution in [0.15, 0.2) is 48.7 Å². The minimum Gasteiger partial charge on any atom is -0.339 e. The van der Waals surface area contributed by atoms with E-state index in [4.69, 9.17) is 11.6 Å². The van der Waals surface area contributed by atoms with E-state index in [0.717, 1.165) is 42.7 Å². The van der Waals surface area contributed by atoms with Crippen LogP contribution in [0.3, 0.4) is 0 Å². The molecule has 4 rings (SSSR count). The Labute approximate surface area is 145 Å². The van der Waals surface area contributed by atoms with Gasteiger partial charge in [-0.2, -0.15) is 5.10 Å². The first-order chi connectivity index (χ1) is 11.8. The number of benzene rings is 1. The lowest BCUT2D eigenvalue weighted by molar-refractivity contribution is 0.0726. The lowest BCUT2D eigenvalue weighted by Crippen LogP contribution is -2.35. The van der Waals surface area contributed by atoms with Crippen LogP contribution in [0.4, 0.5) is 0 Å². The molecule has 2 aromatic heterocycles. The predicted molar refractivity (Wildman–Crippen MR) is 95.4 cm³/mol. The number of nitrogens with zero attached hydrogens (tertiary/aromatic N) is 3. The largest absolute Gasteiger partial charge is 0.339 e. The molecule has 0 saturated carbocycles. The number of carbonyl (C=O) groups excluding carboxylic acids is 1. The summed E-state index contributed by atoms with van der Waals surface area (Å²) in [6.45, 7) is 1.67. The van der Waals surface area contributed by atoms with Crippen LogP contribution in [0.2, 0.25) is 5.02 Å². The van der Waals surface area contributed by atoms with Crippen LogP contribution >= 0.6 is 11.6 Å². The van der Waals surface area contributed by atoms with E-state index in [-0.39, 0.29) is 5.91 Å². The summed E-state index contributed by atoms with van der Waals surface area (Å²) in [7, 11) is 0. The highest BCUT2D eigenvalue weighted by atomic mass is 35.5. The smallest absolute Gasteiger partial charge is 0.257 e. The Balaban J connectivity index is 1.79. The molecule has 3 heterocycles. The summed E-state index contributed by atoms with van der Waals surface area (Å²) >= 11 is 6.33. The molecule has 0 aliphatic carbocycles. The number of hydrogen-bond acceptors (Lipinski definition) is 2. The van der Waals surface area contributed by atoms with Gasteiger partial charge in [-0.1, -0.05) is 35.9 Å². The van der Waals surface area contributed by atoms with E-state index < -0.39 is 0 Å². The lowest BCUT2D eigenvalue weighted by atomic mass is 10.1. The van der Waals surface area contributed by atoms with Crippen molar-refractivity contribution < 1.29 is 4.79 Å². The van der Waals surface area contributed by atoms with Crippen LogP contribution in [0, 0.1) is 0 Å². The van der Waals surface area contributed by atoms with Gasteiger partial charge in [-0.25, -0.2) is 4.52 Å². The van der Waals surface area contributed by atoms with E-state index in [2.05, 4.69) is 5.10 Å². The number of hydrogen-bond donors (Lipinski definition) is 0. The quantitative estimate of drug-likeness (QED) is 0.698. The number of amides is 1. The third-order valence-corrected chi connectivity index (χ3v) is 4.90. The third-order valence-electron chi connectivity index (χ3n) is 4.57. The van der Waals surface area contributed by atoms with E-state index in [1.54, 1.807) is 10.7 Å². The first-order valence-corrected chi connectivity index (χ1v) is 8.64. The molecule has 24 heavy (non-hydrogen) atoms. The van der Waals surface area contributed by atoms with Crippen molar-refractivity contribution in [3.63, 3.8) is 0 Å². The van der Waals surface area contributed by atoms with Crippen molar-refractivity contribution in [2.75, 3.05) is 13.1 Å². The number of likely N-dealkylation sites (tertiary alicyclic amines) is 1. The van der Waals surface area contributed by atoms with Gasteiger partial charge in [0.1, 0.15) is 0 Å². The van der Waals surface area contributed by atoms with Gasteiger partial charge < -0.3 is 4.90 Å². The van der Waals surface area contributed by atoms with Gasteiger partial charge in [-0.15, -0.1) is 0 Å². The second-order valence-electron chi connectivity index (χ2n) is 6.10. The van der Waals surface area contributed by atoms with Crippen LogP contribution < -0.4 is 0 Å². The van der Waals surface area contributed by atoms with Crippen molar-refractivity contribution in [2.45, 2.75) is 19.3 Å². The molecule has 1 aromatic carbocycles. The topological polar surface area (TPSA) is 37.6 Å². The molecule has 0 unspecified atom stereocenters. The molecule has 5 heteroatoms. The molecule has 1 fully saturated rings. The Hall–Kier alpha value is -2.33. The Morgan fingerprint density at radius 2 is 1.79 bits per heavy atom. The standard InChI is InChI=1S/C19H18ClN3O/c20-16-8-3-2-7-14(16)17-9-6-10-18-15(13-21-23(17)18)19(24)22-11-4-1-5-12-22/h2-3,6-10,13H,1,4-5,11-12H2. The molecule has 0 atom stereocenters. The summed E-state index contributed by atoms with van der Waals surface area (Å²) in [6, 6.07) is 13.5. The maximum Gasteiger partial charge on any atom is 0.257 e. The lowest BCUT2D eigenvalue weighted by Gasteiger charge is -2.26. The third kappa shape index (κ3) is 2.57. The average Bonchev–Trinajstić information content (AvgIpc) is 3.06. The van der Waals surface area contributed by atoms with Crippen LogP contribution in [-0.2, 0) is 0 Å².